The minimum atomic E-state index is -1.27. The van der Waals surface area contributed by atoms with Gasteiger partial charge in [0.25, 0.3) is 0 Å². The molecular weight excluding hydrogens is 635 g/mol. The summed E-state index contributed by atoms with van der Waals surface area (Å²) >= 11 is 0. The van der Waals surface area contributed by atoms with Gasteiger partial charge in [0.2, 0.25) is 17.7 Å². The van der Waals surface area contributed by atoms with Gasteiger partial charge in [0, 0.05) is 48.9 Å². The van der Waals surface area contributed by atoms with Gasteiger partial charge in [0.1, 0.15) is 29.2 Å². The van der Waals surface area contributed by atoms with Crippen LogP contribution in [-0.2, 0) is 33.8 Å². The molecule has 0 radical (unpaired) electrons. The van der Waals surface area contributed by atoms with E-state index in [4.69, 9.17) is 4.74 Å². The van der Waals surface area contributed by atoms with Crippen molar-refractivity contribution in [2.24, 2.45) is 0 Å². The van der Waals surface area contributed by atoms with Crippen LogP contribution in [0.2, 0.25) is 0 Å². The van der Waals surface area contributed by atoms with Gasteiger partial charge in [-0.3, -0.25) is 14.4 Å². The summed E-state index contributed by atoms with van der Waals surface area (Å²) in [4.78, 5) is 46.8. The fourth-order valence-corrected chi connectivity index (χ4v) is 5.45. The molecule has 0 aliphatic rings. The number of ether oxygens (including phenoxy) is 1. The maximum Gasteiger partial charge on any atom is 0.249 e. The van der Waals surface area contributed by atoms with Gasteiger partial charge in [-0.25, -0.2) is 13.2 Å². The third kappa shape index (κ3) is 8.64. The molecule has 1 atom stereocenters. The average molecular weight is 668 g/mol. The van der Waals surface area contributed by atoms with Gasteiger partial charge in [-0.05, 0) is 83.4 Å². The van der Waals surface area contributed by atoms with Gasteiger partial charge in [0.15, 0.2) is 0 Å². The van der Waals surface area contributed by atoms with Crippen molar-refractivity contribution in [1.29, 1.82) is 5.26 Å². The number of halogens is 3. The number of nitrogens with one attached hydrogen (secondary N) is 2. The number of aromatic amines is 1. The maximum absolute atomic E-state index is 14.1. The number of benzene rings is 4. The van der Waals surface area contributed by atoms with E-state index in [-0.39, 0.29) is 24.9 Å². The summed E-state index contributed by atoms with van der Waals surface area (Å²) in [5.41, 5.74) is 2.81. The predicted molar refractivity (Wildman–Crippen MR) is 177 cm³/mol. The molecule has 0 saturated carbocycles. The van der Waals surface area contributed by atoms with Crippen LogP contribution >= 0.6 is 0 Å². The number of methoxy groups -OCH3 is 1. The van der Waals surface area contributed by atoms with Crippen LogP contribution in [0, 0.1) is 28.8 Å². The Labute approximate surface area is 280 Å². The van der Waals surface area contributed by atoms with E-state index in [9.17, 15) is 32.8 Å². The first-order valence-corrected chi connectivity index (χ1v) is 15.2. The standard InChI is InChI=1S/C37H32F3N5O4/c1-44(30-8-10-31(49-2)11-9-30)37(48)34(15-25-13-28(39)17-29(40)14-25)43-35(46)22-45(21-24-5-3-23(19-41)4-6-24)36(47)16-26-20-42-33-12-7-27(38)18-32(26)33/h3-14,17-18,20,34,42H,15-16,21-22H2,1-2H3,(H,43,46)/t34-/m0/s1. The summed E-state index contributed by atoms with van der Waals surface area (Å²) in [6, 6.07) is 20.9. The molecule has 0 spiro atoms. The number of carbonyl (C=O) groups excluding carboxylic acids is 3. The highest BCUT2D eigenvalue weighted by atomic mass is 19.1. The SMILES string of the molecule is COc1ccc(N(C)C(=O)[C@H](Cc2cc(F)cc(F)c2)NC(=O)CN(Cc2ccc(C#N)cc2)C(=O)Cc2c[nH]c3ccc(F)cc23)cc1. The summed E-state index contributed by atoms with van der Waals surface area (Å²) in [6.07, 6.45) is 1.19. The molecule has 0 aliphatic carbocycles. The molecule has 9 nitrogen and oxygen atoms in total. The Morgan fingerprint density at radius 1 is 0.898 bits per heavy atom. The first-order valence-electron chi connectivity index (χ1n) is 15.2. The number of H-pyrrole nitrogens is 1. The molecule has 5 rings (SSSR count). The minimum absolute atomic E-state index is 0.0197. The van der Waals surface area contributed by atoms with Gasteiger partial charge in [-0.15, -0.1) is 0 Å². The highest BCUT2D eigenvalue weighted by molar-refractivity contribution is 5.99. The molecule has 0 saturated heterocycles. The molecule has 0 bridgehead atoms. The quantitative estimate of drug-likeness (QED) is 0.184. The van der Waals surface area contributed by atoms with Crippen LogP contribution in [0.1, 0.15) is 22.3 Å². The van der Waals surface area contributed by atoms with E-state index in [1.807, 2.05) is 6.07 Å². The third-order valence-corrected chi connectivity index (χ3v) is 8.00. The van der Waals surface area contributed by atoms with Crippen molar-refractivity contribution < 1.29 is 32.3 Å². The average Bonchev–Trinajstić information content (AvgIpc) is 3.48. The third-order valence-electron chi connectivity index (χ3n) is 8.00. The molecule has 3 amide bonds. The molecule has 1 aromatic heterocycles. The Balaban J connectivity index is 1.40. The molecule has 4 aromatic carbocycles. The Morgan fingerprint density at radius 3 is 2.24 bits per heavy atom. The molecule has 250 valence electrons. The normalized spacial score (nSPS) is 11.4. The number of hydrogen-bond acceptors (Lipinski definition) is 5. The molecule has 12 heteroatoms. The lowest BCUT2D eigenvalue weighted by molar-refractivity contribution is -0.136. The number of fused-ring (bicyclic) bond motifs is 1. The van der Waals surface area contributed by atoms with Gasteiger partial charge in [-0.2, -0.15) is 5.26 Å². The summed E-state index contributed by atoms with van der Waals surface area (Å²) in [5, 5.41) is 12.4. The number of anilines is 1. The molecule has 1 heterocycles. The summed E-state index contributed by atoms with van der Waals surface area (Å²) < 4.78 is 47.4. The zero-order chi connectivity index (χ0) is 35.1. The monoisotopic (exact) mass is 667 g/mol. The molecule has 0 fully saturated rings. The highest BCUT2D eigenvalue weighted by Crippen LogP contribution is 2.22. The highest BCUT2D eigenvalue weighted by Gasteiger charge is 2.28. The van der Waals surface area contributed by atoms with E-state index < -0.39 is 47.8 Å². The van der Waals surface area contributed by atoms with E-state index >= 15 is 0 Å². The number of carbonyl (C=O) groups is 3. The molecule has 49 heavy (non-hydrogen) atoms. The Hall–Kier alpha value is -6.09. The van der Waals surface area contributed by atoms with Gasteiger partial charge in [0.05, 0.1) is 31.7 Å². The zero-order valence-corrected chi connectivity index (χ0v) is 26.7. The van der Waals surface area contributed by atoms with Crippen LogP contribution in [0.3, 0.4) is 0 Å². The number of hydrogen-bond donors (Lipinski definition) is 2. The van der Waals surface area contributed by atoms with E-state index in [2.05, 4.69) is 10.3 Å². The molecule has 0 aliphatic heterocycles. The van der Waals surface area contributed by atoms with Crippen molar-refractivity contribution in [3.8, 4) is 11.8 Å². The zero-order valence-electron chi connectivity index (χ0n) is 26.7. The van der Waals surface area contributed by atoms with E-state index in [0.29, 0.717) is 45.1 Å². The fourth-order valence-electron chi connectivity index (χ4n) is 5.45. The Kier molecular flexibility index (Phi) is 10.6. The fraction of sp³-hybridized carbons (Fsp3) is 0.189. The number of rotatable bonds is 12. The van der Waals surface area contributed by atoms with Crippen molar-refractivity contribution in [2.75, 3.05) is 25.6 Å². The Morgan fingerprint density at radius 2 is 1.59 bits per heavy atom. The number of likely N-dealkylation sites (N-methyl/N-ethyl adjacent to an activating group) is 1. The van der Waals surface area contributed by atoms with E-state index in [0.717, 1.165) is 12.1 Å². The molecule has 0 unspecified atom stereocenters. The second kappa shape index (κ2) is 15.2. The summed E-state index contributed by atoms with van der Waals surface area (Å²) in [5.74, 6) is -3.33. The van der Waals surface area contributed by atoms with Crippen LogP contribution in [0.4, 0.5) is 18.9 Å². The van der Waals surface area contributed by atoms with Crippen LogP contribution in [-0.4, -0.2) is 54.3 Å². The first-order chi connectivity index (χ1) is 23.5. The van der Waals surface area contributed by atoms with Crippen molar-refractivity contribution >= 4 is 34.3 Å². The molecular formula is C37H32F3N5O4. The van der Waals surface area contributed by atoms with Crippen LogP contribution in [0.25, 0.3) is 10.9 Å². The largest absolute Gasteiger partial charge is 0.497 e. The topological polar surface area (TPSA) is 119 Å². The minimum Gasteiger partial charge on any atom is -0.497 e. The summed E-state index contributed by atoms with van der Waals surface area (Å²) in [7, 11) is 3.00. The van der Waals surface area contributed by atoms with Crippen molar-refractivity contribution in [3.63, 3.8) is 0 Å². The van der Waals surface area contributed by atoms with Gasteiger partial charge < -0.3 is 24.8 Å². The summed E-state index contributed by atoms with van der Waals surface area (Å²) in [6.45, 7) is -0.503. The maximum atomic E-state index is 14.1. The number of aromatic nitrogens is 1. The second-order valence-electron chi connectivity index (χ2n) is 11.4. The number of nitriles is 1. The lowest BCUT2D eigenvalue weighted by atomic mass is 10.0. The lowest BCUT2D eigenvalue weighted by Gasteiger charge is -2.27. The van der Waals surface area contributed by atoms with Crippen molar-refractivity contribution in [2.45, 2.75) is 25.4 Å². The molecule has 5 aromatic rings. The van der Waals surface area contributed by atoms with Crippen molar-refractivity contribution in [1.82, 2.24) is 15.2 Å². The van der Waals surface area contributed by atoms with Gasteiger partial charge >= 0.3 is 0 Å². The number of amides is 3. The molecule has 2 N–H and O–H groups in total. The van der Waals surface area contributed by atoms with E-state index in [1.165, 1.54) is 36.1 Å². The van der Waals surface area contributed by atoms with Crippen LogP contribution in [0.5, 0.6) is 5.75 Å². The number of nitrogens with zero attached hydrogens (tertiary/aromatic N) is 3. The lowest BCUT2D eigenvalue weighted by Crippen LogP contribution is -2.51. The van der Waals surface area contributed by atoms with Gasteiger partial charge in [-0.1, -0.05) is 12.1 Å². The van der Waals surface area contributed by atoms with E-state index in [1.54, 1.807) is 60.8 Å². The van der Waals surface area contributed by atoms with Crippen molar-refractivity contribution in [3.05, 3.63) is 131 Å². The smallest absolute Gasteiger partial charge is 0.249 e. The second-order valence-corrected chi connectivity index (χ2v) is 11.4. The first kappa shape index (κ1) is 34.3. The van der Waals surface area contributed by atoms with Crippen LogP contribution < -0.4 is 15.0 Å². The Bertz CT molecular complexity index is 2000. The predicted octanol–water partition coefficient (Wildman–Crippen LogP) is 5.43. The van der Waals surface area contributed by atoms with Crippen LogP contribution in [0.15, 0.2) is 91.1 Å².